The number of nitrogens with two attached hydrogens (primary N) is 1. The minimum Gasteiger partial charge on any atom is -0.366 e. The van der Waals surface area contributed by atoms with Crippen LogP contribution in [0.4, 0.5) is 4.39 Å². The Morgan fingerprint density at radius 2 is 1.97 bits per heavy atom. The van der Waals surface area contributed by atoms with Crippen LogP contribution in [0.1, 0.15) is 60.3 Å². The zero-order valence-corrected chi connectivity index (χ0v) is 18.7. The van der Waals surface area contributed by atoms with Gasteiger partial charge < -0.3 is 14.9 Å². The second kappa shape index (κ2) is 7.91. The molecule has 5 rings (SSSR count). The highest BCUT2D eigenvalue weighted by Gasteiger charge is 2.27. The summed E-state index contributed by atoms with van der Waals surface area (Å²) in [5, 5.41) is 8.19. The van der Waals surface area contributed by atoms with Gasteiger partial charge in [0, 0.05) is 23.7 Å². The van der Waals surface area contributed by atoms with Crippen molar-refractivity contribution in [3.05, 3.63) is 65.8 Å². The van der Waals surface area contributed by atoms with Gasteiger partial charge in [-0.25, -0.2) is 14.4 Å². The number of hydrogen-bond donors (Lipinski definition) is 1. The van der Waals surface area contributed by atoms with E-state index in [2.05, 4.69) is 20.2 Å². The first-order valence-electron chi connectivity index (χ1n) is 10.9. The maximum atomic E-state index is 15.6. The highest BCUT2D eigenvalue weighted by Crippen LogP contribution is 2.40. The summed E-state index contributed by atoms with van der Waals surface area (Å²) in [6.45, 7) is 5.84. The molecule has 1 aliphatic rings. The fourth-order valence-electron chi connectivity index (χ4n) is 4.05. The number of halogens is 1. The normalized spacial score (nSPS) is 13.6. The number of carbonyl (C=O) groups is 1. The summed E-state index contributed by atoms with van der Waals surface area (Å²) in [5.74, 6) is -0.479. The molecule has 9 heteroatoms. The molecule has 1 amide bonds. The highest BCUT2D eigenvalue weighted by molar-refractivity contribution is 5.96. The summed E-state index contributed by atoms with van der Waals surface area (Å²) in [6, 6.07) is 6.91. The number of rotatable bonds is 6. The van der Waals surface area contributed by atoms with Gasteiger partial charge in [-0.3, -0.25) is 4.79 Å². The lowest BCUT2D eigenvalue weighted by molar-refractivity contribution is 0.0996. The molecular formula is C24H24FN7O. The Bertz CT molecular complexity index is 1370. The van der Waals surface area contributed by atoms with E-state index >= 15 is 4.39 Å². The van der Waals surface area contributed by atoms with Crippen LogP contribution in [0.3, 0.4) is 0 Å². The number of benzene rings is 1. The van der Waals surface area contributed by atoms with E-state index in [-0.39, 0.29) is 17.2 Å². The number of carbonyl (C=O) groups excluding carboxylic acids is 1. The monoisotopic (exact) mass is 445 g/mol. The number of imidazole rings is 1. The van der Waals surface area contributed by atoms with E-state index < -0.39 is 11.7 Å². The molecule has 3 aromatic heterocycles. The average Bonchev–Trinajstić information content (AvgIpc) is 3.31. The van der Waals surface area contributed by atoms with E-state index in [1.54, 1.807) is 37.8 Å². The lowest BCUT2D eigenvalue weighted by Crippen LogP contribution is -2.16. The minimum atomic E-state index is -0.840. The van der Waals surface area contributed by atoms with E-state index in [4.69, 9.17) is 5.73 Å². The van der Waals surface area contributed by atoms with Crippen LogP contribution < -0.4 is 5.73 Å². The fourth-order valence-corrected chi connectivity index (χ4v) is 4.05. The first-order valence-corrected chi connectivity index (χ1v) is 10.9. The quantitative estimate of drug-likeness (QED) is 0.479. The Hall–Kier alpha value is -3.88. The van der Waals surface area contributed by atoms with Gasteiger partial charge in [-0.1, -0.05) is 6.07 Å². The molecule has 2 N–H and O–H groups in total. The largest absolute Gasteiger partial charge is 0.366 e. The van der Waals surface area contributed by atoms with Crippen molar-refractivity contribution in [2.75, 3.05) is 0 Å². The number of pyridine rings is 1. The molecule has 8 nitrogen and oxygen atoms in total. The summed E-state index contributed by atoms with van der Waals surface area (Å²) >= 11 is 0. The molecule has 33 heavy (non-hydrogen) atoms. The van der Waals surface area contributed by atoms with Gasteiger partial charge in [-0.15, -0.1) is 10.2 Å². The maximum absolute atomic E-state index is 15.6. The SMILES string of the molecule is Cc1c(-n2cnc(C3CC3)c2)cc(C(N)=O)c(F)c1-c1cccc(-c2nncn2C(C)C)n1. The maximum Gasteiger partial charge on any atom is 0.251 e. The molecule has 0 radical (unpaired) electrons. The van der Waals surface area contributed by atoms with Gasteiger partial charge in [0.1, 0.15) is 17.8 Å². The van der Waals surface area contributed by atoms with Crippen molar-refractivity contribution in [1.82, 2.24) is 29.3 Å². The Morgan fingerprint density at radius 1 is 1.21 bits per heavy atom. The van der Waals surface area contributed by atoms with E-state index in [9.17, 15) is 4.79 Å². The summed E-state index contributed by atoms with van der Waals surface area (Å²) < 4.78 is 19.3. The van der Waals surface area contributed by atoms with Crippen molar-refractivity contribution in [1.29, 1.82) is 0 Å². The molecule has 0 bridgehead atoms. The van der Waals surface area contributed by atoms with Crippen molar-refractivity contribution in [2.24, 2.45) is 5.73 Å². The van der Waals surface area contributed by atoms with Crippen LogP contribution in [0.2, 0.25) is 0 Å². The van der Waals surface area contributed by atoms with Gasteiger partial charge in [0.15, 0.2) is 5.82 Å². The van der Waals surface area contributed by atoms with Crippen molar-refractivity contribution in [2.45, 2.75) is 45.6 Å². The van der Waals surface area contributed by atoms with E-state index in [1.807, 2.05) is 29.2 Å². The van der Waals surface area contributed by atoms with Gasteiger partial charge in [0.2, 0.25) is 0 Å². The van der Waals surface area contributed by atoms with Crippen LogP contribution in [-0.2, 0) is 0 Å². The molecular weight excluding hydrogens is 421 g/mol. The molecule has 0 aliphatic heterocycles. The zero-order valence-electron chi connectivity index (χ0n) is 18.7. The zero-order chi connectivity index (χ0) is 23.3. The van der Waals surface area contributed by atoms with Gasteiger partial charge in [0.25, 0.3) is 5.91 Å². The minimum absolute atomic E-state index is 0.130. The predicted molar refractivity (Wildman–Crippen MR) is 121 cm³/mol. The Morgan fingerprint density at radius 3 is 2.67 bits per heavy atom. The number of primary amides is 1. The fraction of sp³-hybridized carbons (Fsp3) is 0.292. The van der Waals surface area contributed by atoms with Gasteiger partial charge in [-0.05, 0) is 57.4 Å². The number of aromatic nitrogens is 6. The number of amides is 1. The predicted octanol–water partition coefficient (Wildman–Crippen LogP) is 4.20. The van der Waals surface area contributed by atoms with Crippen LogP contribution in [0.15, 0.2) is 43.1 Å². The van der Waals surface area contributed by atoms with Crippen LogP contribution in [0.5, 0.6) is 0 Å². The molecule has 0 unspecified atom stereocenters. The molecule has 168 valence electrons. The van der Waals surface area contributed by atoms with E-state index in [0.717, 1.165) is 18.5 Å². The third-order valence-electron chi connectivity index (χ3n) is 6.00. The lowest BCUT2D eigenvalue weighted by Gasteiger charge is -2.16. The van der Waals surface area contributed by atoms with Gasteiger partial charge in [0.05, 0.1) is 29.0 Å². The van der Waals surface area contributed by atoms with Crippen molar-refractivity contribution < 1.29 is 9.18 Å². The van der Waals surface area contributed by atoms with Crippen molar-refractivity contribution in [3.8, 4) is 28.5 Å². The highest BCUT2D eigenvalue weighted by atomic mass is 19.1. The molecule has 0 saturated heterocycles. The topological polar surface area (TPSA) is 105 Å². The summed E-state index contributed by atoms with van der Waals surface area (Å²) in [4.78, 5) is 21.3. The molecule has 0 atom stereocenters. The second-order valence-corrected chi connectivity index (χ2v) is 8.67. The van der Waals surface area contributed by atoms with Crippen LogP contribution >= 0.6 is 0 Å². The van der Waals surface area contributed by atoms with Gasteiger partial charge >= 0.3 is 0 Å². The summed E-state index contributed by atoms with van der Waals surface area (Å²) in [7, 11) is 0. The summed E-state index contributed by atoms with van der Waals surface area (Å²) in [5.41, 5.74) is 8.77. The molecule has 3 heterocycles. The van der Waals surface area contributed by atoms with Gasteiger partial charge in [-0.2, -0.15) is 0 Å². The molecule has 1 aliphatic carbocycles. The molecule has 1 fully saturated rings. The van der Waals surface area contributed by atoms with Crippen LogP contribution in [0.25, 0.3) is 28.5 Å². The molecule has 1 saturated carbocycles. The third kappa shape index (κ3) is 3.69. The Kier molecular flexibility index (Phi) is 5.03. The van der Waals surface area contributed by atoms with E-state index in [1.165, 1.54) is 6.07 Å². The molecule has 1 aromatic carbocycles. The Balaban J connectivity index is 1.68. The second-order valence-electron chi connectivity index (χ2n) is 8.67. The summed E-state index contributed by atoms with van der Waals surface area (Å²) in [6.07, 6.45) is 7.51. The molecule has 0 spiro atoms. The smallest absolute Gasteiger partial charge is 0.251 e. The average molecular weight is 446 g/mol. The lowest BCUT2D eigenvalue weighted by atomic mass is 9.97. The third-order valence-corrected chi connectivity index (χ3v) is 6.00. The first-order chi connectivity index (χ1) is 15.8. The Labute approximate surface area is 190 Å². The van der Waals surface area contributed by atoms with Crippen molar-refractivity contribution in [3.63, 3.8) is 0 Å². The first kappa shape index (κ1) is 21.0. The molecule has 4 aromatic rings. The standard InChI is InChI=1S/C24H24FN7O/c1-13(2)32-12-28-30-24(32)18-6-4-5-17(29-18)21-14(3)20(9-16(22(21)25)23(26)33)31-10-19(27-11-31)15-7-8-15/h4-6,9-13,15H,7-8H2,1-3H3,(H2,26,33). The number of hydrogen-bond acceptors (Lipinski definition) is 5. The van der Waals surface area contributed by atoms with E-state index in [0.29, 0.717) is 34.4 Å². The van der Waals surface area contributed by atoms with Crippen LogP contribution in [0, 0.1) is 12.7 Å². The number of nitrogens with zero attached hydrogens (tertiary/aromatic N) is 6. The van der Waals surface area contributed by atoms with Crippen LogP contribution in [-0.4, -0.2) is 35.2 Å². The van der Waals surface area contributed by atoms with Crippen molar-refractivity contribution >= 4 is 5.91 Å².